The number of benzene rings is 7. The number of halogens is 4. The predicted molar refractivity (Wildman–Crippen MR) is 595 cm³/mol. The van der Waals surface area contributed by atoms with E-state index < -0.39 is 47.9 Å². The van der Waals surface area contributed by atoms with Gasteiger partial charge >= 0.3 is 0 Å². The Bertz CT molecular complexity index is 5210. The van der Waals surface area contributed by atoms with Crippen molar-refractivity contribution in [2.24, 2.45) is 111 Å². The third-order valence-corrected chi connectivity index (χ3v) is 22.2. The number of nitrogens with two attached hydrogens (primary N) is 6. The van der Waals surface area contributed by atoms with Crippen LogP contribution in [0, 0.1) is 13.8 Å². The molecule has 0 spiro atoms. The molecule has 149 heavy (non-hydrogen) atoms. The van der Waals surface area contributed by atoms with E-state index in [2.05, 4.69) is 123 Å². The number of aliphatic imine (C=N–C) groups is 5. The molecule has 0 bridgehead atoms. The first-order valence-corrected chi connectivity index (χ1v) is 49.2. The number of hydrogen-bond acceptors (Lipinski definition) is 32. The van der Waals surface area contributed by atoms with Crippen molar-refractivity contribution in [2.75, 3.05) is 152 Å². The average Bonchev–Trinajstić information content (AvgIpc) is 0.847. The molecule has 20 N–H and O–H groups in total. The monoisotopic (exact) mass is 2150 g/mol. The molecule has 5 atom stereocenters. The van der Waals surface area contributed by atoms with E-state index in [-0.39, 0.29) is 97.1 Å². The van der Waals surface area contributed by atoms with Crippen LogP contribution >= 0.6 is 46.4 Å². The van der Waals surface area contributed by atoms with Crippen LogP contribution in [0.2, 0.25) is 20.1 Å². The third kappa shape index (κ3) is 55.7. The normalized spacial score (nSPS) is 15.4. The highest BCUT2D eigenvalue weighted by Crippen LogP contribution is 2.22. The summed E-state index contributed by atoms with van der Waals surface area (Å²) in [6, 6.07) is 46.1. The Morgan fingerprint density at radius 1 is 0.349 bits per heavy atom. The fraction of sp³-hybridized carbons (Fsp3) is 0.495. The van der Waals surface area contributed by atoms with Crippen LogP contribution in [-0.4, -0.2) is 276 Å². The van der Waals surface area contributed by atoms with E-state index in [1.165, 1.54) is 19.2 Å². The molecule has 4 aliphatic rings. The number of nitrogens with one attached hydrogen (secondary N) is 5. The van der Waals surface area contributed by atoms with Crippen LogP contribution in [0.25, 0.3) is 0 Å². The van der Waals surface area contributed by atoms with Gasteiger partial charge < -0.3 is 74.0 Å². The van der Waals surface area contributed by atoms with Crippen molar-refractivity contribution in [3.8, 4) is 5.75 Å². The zero-order valence-corrected chi connectivity index (χ0v) is 85.5. The van der Waals surface area contributed by atoms with Crippen molar-refractivity contribution in [3.63, 3.8) is 0 Å². The highest BCUT2D eigenvalue weighted by molar-refractivity contribution is 6.32. The van der Waals surface area contributed by atoms with E-state index in [9.17, 15) is 29.1 Å². The Morgan fingerprint density at radius 2 is 0.617 bits per heavy atom. The van der Waals surface area contributed by atoms with Crippen LogP contribution in [0.4, 0.5) is 5.69 Å². The Kier molecular flexibility index (Phi) is 73.0. The second kappa shape index (κ2) is 80.7. The zero-order valence-electron chi connectivity index (χ0n) is 82.5. The van der Waals surface area contributed by atoms with Gasteiger partial charge in [0.05, 0.1) is 117 Å². The van der Waals surface area contributed by atoms with Gasteiger partial charge in [-0.25, -0.2) is 20.0 Å². The van der Waals surface area contributed by atoms with Gasteiger partial charge in [0.15, 0.2) is 0 Å². The standard InChI is InChI=1S/C23H23N5O2.C20H31ClN6O2.C19H29ClN6O2.C18H27ClN6O3.C17H25ClN6O3.CH5N.5CH4/c24-22(25-15-17-7-3-1-4-8-17)21(28-27-19-11-13-20(29)14-12-19)23(30)26-16-18-9-5-2-6-10-18;1-3-4-5-8-24-25-18(20(28)26-27-9-11-29-12-10-27)19(22)23-14-16-6-7-17(21)15(2)13-16;1-2-3-4-9-23-24-17(19(27)25-26-10-12-28-13-11-26)18(21)22-14-15-5-7-16(20)8-6-15;1-13-11-14(3-4-15(13)19)12-21-17(20)16(23-22-5-2-8-26)18(27)24-25-6-9-28-10-7-25;18-14-4-2-13(3-5-14)12-20-16(19)15(22-21-6-1-9-25)17(26)23-24-7-10-27-11-8-24;1-2;;;;;/h1-14,21,29H,15-16H2,(H2,24,25)(H,26,30);6-7,13,18H,3-5,8-12,14H2,1-2H3,(H2,22,23)(H,26,28);5-8,17H,2-4,9-14H2,1H3,(H2,21,22)(H,25,27);3-4,11,16,26H,2,5-10,12H2,1H3,(H2,20,21)(H,24,27);2-5,15,25H,1,6-12H2,(H2,19,20)(H,23,26);2H2,1H3;5*1H4. The number of aryl methyl sites for hydroxylation is 2. The zero-order chi connectivity index (χ0) is 104. The number of azo groups is 5. The van der Waals surface area contributed by atoms with Crippen LogP contribution < -0.4 is 61.4 Å². The van der Waals surface area contributed by atoms with Gasteiger partial charge in [-0.3, -0.25) is 70.6 Å². The number of phenolic OH excluding ortho intramolecular Hbond substituents is 1. The minimum Gasteiger partial charge on any atom is -0.508 e. The van der Waals surface area contributed by atoms with Gasteiger partial charge in [0.1, 0.15) is 34.9 Å². The minimum atomic E-state index is -1.06. The summed E-state index contributed by atoms with van der Waals surface area (Å²) in [6.45, 7) is 21.1. The van der Waals surface area contributed by atoms with E-state index >= 15 is 0 Å². The molecule has 7 aromatic carbocycles. The van der Waals surface area contributed by atoms with E-state index in [1.54, 1.807) is 62.5 Å². The molecule has 822 valence electrons. The fourth-order valence-electron chi connectivity index (χ4n) is 12.7. The molecular weight excluding hydrogens is 1990 g/mol. The number of aliphatic hydroxyl groups is 2. The van der Waals surface area contributed by atoms with E-state index in [0.29, 0.717) is 209 Å². The van der Waals surface area contributed by atoms with Gasteiger partial charge in [0, 0.05) is 92.2 Å². The SMILES string of the molecule is C.C.C.C.C.CCCCCN=NC(C(=O)NN1CCOCC1)C(N)=NCc1ccc(Cl)c(C)c1.CCCCCN=NC(C(=O)NN1CCOCC1)C(N)=NCc1ccc(Cl)cc1.CN.Cc1cc(CN=C(N)C(N=NCCCO)C(=O)NN2CCOCC2)ccc1Cl.NC(=NCc1ccc(Cl)cc1)C(N=NCCCO)C(=O)NN1CCOCC1.NC(=NCc1ccccc1)C(N=Nc1ccc(O)cc1)C(=O)NCc1ccccc1. The van der Waals surface area contributed by atoms with E-state index in [4.69, 9.17) is 104 Å². The topological polar surface area (TPSA) is 598 Å². The summed E-state index contributed by atoms with van der Waals surface area (Å²) in [5.41, 5.74) is 54.3. The molecule has 42 nitrogen and oxygen atoms in total. The van der Waals surface area contributed by atoms with Gasteiger partial charge in [0.25, 0.3) is 29.5 Å². The summed E-state index contributed by atoms with van der Waals surface area (Å²) in [6.07, 6.45) is 7.12. The summed E-state index contributed by atoms with van der Waals surface area (Å²) in [7, 11) is 1.50. The third-order valence-electron chi connectivity index (χ3n) is 20.9. The van der Waals surface area contributed by atoms with Crippen LogP contribution in [0.15, 0.2) is 246 Å². The Balaban J connectivity index is 0.000000920. The summed E-state index contributed by atoms with van der Waals surface area (Å²) in [5.74, 6) is -1.24. The fourth-order valence-corrected chi connectivity index (χ4v) is 13.2. The molecule has 46 heteroatoms. The molecular formula is C103H160Cl4N30O12. The molecule has 5 unspecified atom stereocenters. The van der Waals surface area contributed by atoms with Crippen molar-refractivity contribution >= 4 is 111 Å². The molecule has 4 heterocycles. The lowest BCUT2D eigenvalue weighted by Gasteiger charge is -2.27. The van der Waals surface area contributed by atoms with E-state index in [1.807, 2.05) is 129 Å². The Hall–Kier alpha value is -12.2. The second-order valence-electron chi connectivity index (χ2n) is 32.4. The molecule has 0 aromatic heterocycles. The number of aromatic hydroxyl groups is 1. The summed E-state index contributed by atoms with van der Waals surface area (Å²) >= 11 is 23.9. The predicted octanol–water partition coefficient (Wildman–Crippen LogP) is 13.8. The number of rotatable bonds is 46. The average molecular weight is 2150 g/mol. The van der Waals surface area contributed by atoms with Crippen molar-refractivity contribution in [2.45, 2.75) is 186 Å². The van der Waals surface area contributed by atoms with Gasteiger partial charge in [-0.1, -0.05) is 232 Å². The number of carbonyl (C=O) groups excluding carboxylic acids is 5. The van der Waals surface area contributed by atoms with Crippen LogP contribution in [-0.2, 0) is 82.2 Å². The number of hydrazine groups is 4. The van der Waals surface area contributed by atoms with Gasteiger partial charge in [0.2, 0.25) is 30.2 Å². The number of morpholine rings is 4. The molecule has 0 saturated carbocycles. The van der Waals surface area contributed by atoms with Gasteiger partial charge in [-0.05, 0) is 152 Å². The molecule has 0 aliphatic carbocycles. The maximum atomic E-state index is 12.8. The molecule has 4 fully saturated rings. The molecule has 7 aromatic rings. The Labute approximate surface area is 898 Å². The van der Waals surface area contributed by atoms with Crippen molar-refractivity contribution in [3.05, 3.63) is 234 Å². The maximum Gasteiger partial charge on any atom is 0.268 e. The first-order valence-electron chi connectivity index (χ1n) is 47.7. The van der Waals surface area contributed by atoms with Crippen molar-refractivity contribution in [1.82, 2.24) is 47.1 Å². The molecule has 4 saturated heterocycles. The van der Waals surface area contributed by atoms with Crippen molar-refractivity contribution in [1.29, 1.82) is 0 Å². The number of hydrogen-bond donors (Lipinski definition) is 14. The van der Waals surface area contributed by atoms with E-state index in [0.717, 1.165) is 83.0 Å². The van der Waals surface area contributed by atoms with Gasteiger partial charge in [-0.2, -0.15) is 51.1 Å². The summed E-state index contributed by atoms with van der Waals surface area (Å²) < 4.78 is 21.1. The number of carbonyl (C=O) groups is 5. The number of amidine groups is 5. The first kappa shape index (κ1) is 135. The summed E-state index contributed by atoms with van der Waals surface area (Å²) in [4.78, 5) is 85.2. The highest BCUT2D eigenvalue weighted by atomic mass is 35.5. The second-order valence-corrected chi connectivity index (χ2v) is 34.0. The molecule has 5 amide bonds. The maximum absolute atomic E-state index is 12.8. The lowest BCUT2D eigenvalue weighted by Crippen LogP contribution is -2.53. The summed E-state index contributed by atoms with van der Waals surface area (Å²) in [5, 5.41) is 80.6. The largest absolute Gasteiger partial charge is 0.508 e. The first-order chi connectivity index (χ1) is 69.8. The smallest absolute Gasteiger partial charge is 0.268 e. The number of amides is 5. The number of nitrogens with zero attached hydrogens (tertiary/aromatic N) is 19. The quantitative estimate of drug-likeness (QED) is 0.00729. The van der Waals surface area contributed by atoms with Gasteiger partial charge in [-0.15, -0.1) is 0 Å². The van der Waals surface area contributed by atoms with Crippen LogP contribution in [0.5, 0.6) is 5.75 Å². The minimum absolute atomic E-state index is 0. The van der Waals surface area contributed by atoms with Crippen molar-refractivity contribution < 1.29 is 58.2 Å². The molecule has 0 radical (unpaired) electrons. The van der Waals surface area contributed by atoms with Crippen LogP contribution in [0.1, 0.15) is 147 Å². The highest BCUT2D eigenvalue weighted by Gasteiger charge is 2.31. The molecule has 11 rings (SSSR count). The lowest BCUT2D eigenvalue weighted by atomic mass is 10.1. The van der Waals surface area contributed by atoms with Crippen LogP contribution in [0.3, 0.4) is 0 Å². The number of ether oxygens (including phenoxy) is 4. The number of aliphatic hydroxyl groups excluding tert-OH is 2. The number of phenols is 1. The lowest BCUT2D eigenvalue weighted by molar-refractivity contribution is -0.128. The molecule has 4 aliphatic heterocycles. The Morgan fingerprint density at radius 3 is 0.906 bits per heavy atom. The number of unbranched alkanes of at least 4 members (excludes halogenated alkanes) is 4.